The fourth-order valence-electron chi connectivity index (χ4n) is 3.98. The second-order valence-corrected chi connectivity index (χ2v) is 9.79. The van der Waals surface area contributed by atoms with Crippen LogP contribution in [0.15, 0.2) is 36.4 Å². The molecule has 1 aromatic heterocycles. The standard InChI is InChI=1S/C25H35NO5S/c1-17(2)31-25(30)8-6-4-3-5-7-21-22(24(29)15-23(21)28)14-10-18(27)9-11-19-12-13-20(16-26)32-19/h3,5,10,12-14,17-18,21-24,27-29H,4,6-9,11,15H2,1-2H3/b5-3-,14-10+/t18-,21+,22+,23-,24+/m0/s1. The number of carbonyl (C=O) groups excluding carboxylic acids is 1. The highest BCUT2D eigenvalue weighted by Crippen LogP contribution is 2.36. The van der Waals surface area contributed by atoms with Crippen molar-refractivity contribution in [3.05, 3.63) is 46.2 Å². The molecule has 1 aromatic rings. The molecule has 5 atom stereocenters. The number of thiophene rings is 1. The van der Waals surface area contributed by atoms with E-state index in [2.05, 4.69) is 6.07 Å². The third-order valence-corrected chi connectivity index (χ3v) is 6.67. The maximum absolute atomic E-state index is 11.5. The Morgan fingerprint density at radius 1 is 1.31 bits per heavy atom. The van der Waals surface area contributed by atoms with Crippen LogP contribution < -0.4 is 0 Å². The summed E-state index contributed by atoms with van der Waals surface area (Å²) in [5.41, 5.74) is 0. The van der Waals surface area contributed by atoms with E-state index in [1.54, 1.807) is 12.1 Å². The lowest BCUT2D eigenvalue weighted by Gasteiger charge is -2.19. The van der Waals surface area contributed by atoms with Gasteiger partial charge in [0.05, 0.1) is 24.4 Å². The Kier molecular flexibility index (Phi) is 11.1. The van der Waals surface area contributed by atoms with Gasteiger partial charge in [-0.05, 0) is 64.0 Å². The fourth-order valence-corrected chi connectivity index (χ4v) is 4.80. The number of carbonyl (C=O) groups is 1. The SMILES string of the molecule is CC(C)OC(=O)CCC/C=C\C[C@@H]1[C@@H](/C=C/[C@@H](O)CCc2ccc(C#N)s2)[C@H](O)C[C@@H]1O. The number of aryl methyl sites for hydroxylation is 1. The second-order valence-electron chi connectivity index (χ2n) is 8.62. The predicted octanol–water partition coefficient (Wildman–Crippen LogP) is 3.90. The van der Waals surface area contributed by atoms with Gasteiger partial charge >= 0.3 is 5.97 Å². The highest BCUT2D eigenvalue weighted by Gasteiger charge is 2.39. The van der Waals surface area contributed by atoms with Gasteiger partial charge in [-0.1, -0.05) is 24.3 Å². The van der Waals surface area contributed by atoms with Crippen LogP contribution in [0.1, 0.15) is 62.1 Å². The van der Waals surface area contributed by atoms with Crippen LogP contribution in [0.5, 0.6) is 0 Å². The first-order valence-electron chi connectivity index (χ1n) is 11.4. The summed E-state index contributed by atoms with van der Waals surface area (Å²) >= 11 is 1.44. The van der Waals surface area contributed by atoms with E-state index in [1.165, 1.54) is 11.3 Å². The minimum atomic E-state index is -0.644. The molecule has 0 radical (unpaired) electrons. The molecule has 0 saturated heterocycles. The predicted molar refractivity (Wildman–Crippen MR) is 125 cm³/mol. The molecule has 6 nitrogen and oxygen atoms in total. The first-order valence-corrected chi connectivity index (χ1v) is 12.2. The lowest BCUT2D eigenvalue weighted by Crippen LogP contribution is -2.20. The summed E-state index contributed by atoms with van der Waals surface area (Å²) in [6.07, 6.45) is 9.64. The third kappa shape index (κ3) is 8.87. The lowest BCUT2D eigenvalue weighted by atomic mass is 9.89. The number of rotatable bonds is 12. The van der Waals surface area contributed by atoms with Crippen LogP contribution in [0.2, 0.25) is 0 Å². The molecule has 1 saturated carbocycles. The summed E-state index contributed by atoms with van der Waals surface area (Å²) < 4.78 is 5.11. The molecule has 176 valence electrons. The minimum absolute atomic E-state index is 0.0936. The first-order chi connectivity index (χ1) is 15.3. The summed E-state index contributed by atoms with van der Waals surface area (Å²) in [5, 5.41) is 39.9. The zero-order valence-electron chi connectivity index (χ0n) is 18.9. The van der Waals surface area contributed by atoms with Crippen molar-refractivity contribution < 1.29 is 24.9 Å². The van der Waals surface area contributed by atoms with Crippen molar-refractivity contribution in [2.75, 3.05) is 0 Å². The number of ether oxygens (including phenoxy) is 1. The zero-order chi connectivity index (χ0) is 23.5. The topological polar surface area (TPSA) is 111 Å². The van der Waals surface area contributed by atoms with E-state index in [4.69, 9.17) is 10.00 Å². The highest BCUT2D eigenvalue weighted by molar-refractivity contribution is 7.12. The summed E-state index contributed by atoms with van der Waals surface area (Å²) in [4.78, 5) is 13.3. The van der Waals surface area contributed by atoms with Gasteiger partial charge in [-0.25, -0.2) is 0 Å². The molecule has 2 rings (SSSR count). The van der Waals surface area contributed by atoms with E-state index in [9.17, 15) is 20.1 Å². The van der Waals surface area contributed by atoms with Gasteiger partial charge in [-0.15, -0.1) is 11.3 Å². The number of hydrogen-bond donors (Lipinski definition) is 3. The monoisotopic (exact) mass is 461 g/mol. The first kappa shape index (κ1) is 26.3. The van der Waals surface area contributed by atoms with Gasteiger partial charge in [0.15, 0.2) is 0 Å². The van der Waals surface area contributed by atoms with Gasteiger partial charge in [-0.2, -0.15) is 5.26 Å². The largest absolute Gasteiger partial charge is 0.463 e. The number of nitrogens with zero attached hydrogens (tertiary/aromatic N) is 1. The van der Waals surface area contributed by atoms with Crippen molar-refractivity contribution in [3.63, 3.8) is 0 Å². The van der Waals surface area contributed by atoms with Crippen molar-refractivity contribution >= 4 is 17.3 Å². The van der Waals surface area contributed by atoms with Crippen molar-refractivity contribution in [1.29, 1.82) is 5.26 Å². The molecule has 1 fully saturated rings. The van der Waals surface area contributed by atoms with Gasteiger partial charge in [0.25, 0.3) is 0 Å². The van der Waals surface area contributed by atoms with Gasteiger partial charge in [-0.3, -0.25) is 4.79 Å². The van der Waals surface area contributed by atoms with Crippen LogP contribution in [0.25, 0.3) is 0 Å². The van der Waals surface area contributed by atoms with Gasteiger partial charge in [0.1, 0.15) is 10.9 Å². The number of allylic oxidation sites excluding steroid dienone is 2. The van der Waals surface area contributed by atoms with Gasteiger partial charge in [0.2, 0.25) is 0 Å². The van der Waals surface area contributed by atoms with Crippen LogP contribution in [0, 0.1) is 23.2 Å². The van der Waals surface area contributed by atoms with Crippen LogP contribution in [0.4, 0.5) is 0 Å². The van der Waals surface area contributed by atoms with Crippen molar-refractivity contribution in [2.24, 2.45) is 11.8 Å². The summed E-state index contributed by atoms with van der Waals surface area (Å²) in [6.45, 7) is 3.66. The quantitative estimate of drug-likeness (QED) is 0.247. The molecule has 0 amide bonds. The van der Waals surface area contributed by atoms with Crippen LogP contribution in [-0.4, -0.2) is 45.7 Å². The molecule has 0 aliphatic heterocycles. The van der Waals surface area contributed by atoms with Crippen LogP contribution in [-0.2, 0) is 16.0 Å². The Bertz CT molecular complexity index is 809. The van der Waals surface area contributed by atoms with Crippen molar-refractivity contribution in [2.45, 2.75) is 83.2 Å². The molecule has 1 aliphatic rings. The second kappa shape index (κ2) is 13.5. The normalized spacial score (nSPS) is 24.4. The lowest BCUT2D eigenvalue weighted by molar-refractivity contribution is -0.147. The summed E-state index contributed by atoms with van der Waals surface area (Å²) in [7, 11) is 0. The molecule has 7 heteroatoms. The maximum atomic E-state index is 11.5. The zero-order valence-corrected chi connectivity index (χ0v) is 19.7. The number of unbranched alkanes of at least 4 members (excludes halogenated alkanes) is 1. The molecule has 0 unspecified atom stereocenters. The Hall–Kier alpha value is -1.98. The van der Waals surface area contributed by atoms with Crippen LogP contribution >= 0.6 is 11.3 Å². The molecule has 3 N–H and O–H groups in total. The highest BCUT2D eigenvalue weighted by atomic mass is 32.1. The van der Waals surface area contributed by atoms with E-state index in [0.29, 0.717) is 43.4 Å². The van der Waals surface area contributed by atoms with Gasteiger partial charge in [0, 0.05) is 23.6 Å². The minimum Gasteiger partial charge on any atom is -0.463 e. The molecule has 1 heterocycles. The Labute approximate surface area is 194 Å². The fraction of sp³-hybridized carbons (Fsp3) is 0.600. The smallest absolute Gasteiger partial charge is 0.306 e. The number of aliphatic hydroxyl groups is 3. The van der Waals surface area contributed by atoms with E-state index in [0.717, 1.165) is 11.3 Å². The molecule has 0 bridgehead atoms. The molecule has 0 aromatic carbocycles. The number of nitriles is 1. The van der Waals surface area contributed by atoms with Crippen LogP contribution in [0.3, 0.4) is 0 Å². The summed E-state index contributed by atoms with van der Waals surface area (Å²) in [5.74, 6) is -0.501. The molecule has 0 spiro atoms. The van der Waals surface area contributed by atoms with E-state index >= 15 is 0 Å². The third-order valence-electron chi connectivity index (χ3n) is 5.62. The van der Waals surface area contributed by atoms with E-state index < -0.39 is 18.3 Å². The Morgan fingerprint density at radius 3 is 2.78 bits per heavy atom. The number of esters is 1. The Morgan fingerprint density at radius 2 is 2.09 bits per heavy atom. The average molecular weight is 462 g/mol. The van der Waals surface area contributed by atoms with Crippen molar-refractivity contribution in [1.82, 2.24) is 0 Å². The Balaban J connectivity index is 1.77. The maximum Gasteiger partial charge on any atom is 0.306 e. The molecular weight excluding hydrogens is 426 g/mol. The number of hydrogen-bond acceptors (Lipinski definition) is 7. The molecular formula is C25H35NO5S. The summed E-state index contributed by atoms with van der Waals surface area (Å²) in [6, 6.07) is 5.81. The molecule has 1 aliphatic carbocycles. The van der Waals surface area contributed by atoms with E-state index in [1.807, 2.05) is 38.1 Å². The van der Waals surface area contributed by atoms with Gasteiger partial charge < -0.3 is 20.1 Å². The molecule has 32 heavy (non-hydrogen) atoms. The van der Waals surface area contributed by atoms with Crippen molar-refractivity contribution in [3.8, 4) is 6.07 Å². The average Bonchev–Trinajstić information content (AvgIpc) is 3.30. The van der Waals surface area contributed by atoms with E-state index in [-0.39, 0.29) is 23.9 Å². The number of aliphatic hydroxyl groups excluding tert-OH is 3.